The first kappa shape index (κ1) is 16.9. The number of carboxylic acids is 1. The Hall–Kier alpha value is -1.20. The summed E-state index contributed by atoms with van der Waals surface area (Å²) < 4.78 is 18.0. The lowest BCUT2D eigenvalue weighted by atomic mass is 10.1. The molecule has 0 aromatic heterocycles. The van der Waals surface area contributed by atoms with Gasteiger partial charge in [-0.2, -0.15) is 0 Å². The number of aliphatic hydroxyl groups excluding tert-OH is 2. The lowest BCUT2D eigenvalue weighted by Gasteiger charge is -2.24. The molecule has 3 N–H and O–H groups in total. The lowest BCUT2D eigenvalue weighted by Crippen LogP contribution is -2.31. The van der Waals surface area contributed by atoms with E-state index < -0.39 is 31.7 Å². The second kappa shape index (κ2) is 6.99. The van der Waals surface area contributed by atoms with Crippen LogP contribution in [0, 0.1) is 5.92 Å². The number of rotatable bonds is 7. The van der Waals surface area contributed by atoms with Crippen LogP contribution in [-0.2, 0) is 13.9 Å². The largest absolute Gasteiger partial charge is 0.481 e. The highest BCUT2D eigenvalue weighted by atomic mass is 31.2. The number of benzene rings is 1. The minimum Gasteiger partial charge on any atom is -0.481 e. The van der Waals surface area contributed by atoms with Gasteiger partial charge in [-0.05, 0) is 26.0 Å². The molecule has 4 atom stereocenters. The Balaban J connectivity index is 3.13. The van der Waals surface area contributed by atoms with Crippen molar-refractivity contribution in [3.63, 3.8) is 0 Å². The van der Waals surface area contributed by atoms with Gasteiger partial charge in [0.25, 0.3) is 0 Å². The number of aliphatic carboxylic acids is 1. The molecule has 0 saturated carbocycles. The molecule has 1 rings (SSSR count). The number of hydrogen-bond acceptors (Lipinski definition) is 5. The predicted molar refractivity (Wildman–Crippen MR) is 74.1 cm³/mol. The van der Waals surface area contributed by atoms with Crippen molar-refractivity contribution < 1.29 is 29.2 Å². The molecular formula is C13H19O6P. The average Bonchev–Trinajstić information content (AvgIpc) is 2.35. The van der Waals surface area contributed by atoms with Gasteiger partial charge in [-0.15, -0.1) is 0 Å². The van der Waals surface area contributed by atoms with Gasteiger partial charge in [0.15, 0.2) is 6.29 Å². The molecule has 20 heavy (non-hydrogen) atoms. The molecule has 0 aliphatic carbocycles. The topological polar surface area (TPSA) is 104 Å². The van der Waals surface area contributed by atoms with Crippen molar-refractivity contribution in [2.75, 3.05) is 6.16 Å². The predicted octanol–water partition coefficient (Wildman–Crippen LogP) is 1.03. The van der Waals surface area contributed by atoms with Crippen molar-refractivity contribution in [3.05, 3.63) is 30.3 Å². The molecule has 0 aliphatic rings. The molecule has 0 aliphatic heterocycles. The van der Waals surface area contributed by atoms with Crippen LogP contribution in [0.4, 0.5) is 0 Å². The van der Waals surface area contributed by atoms with Crippen LogP contribution in [0.1, 0.15) is 13.8 Å². The van der Waals surface area contributed by atoms with E-state index in [0.29, 0.717) is 5.30 Å². The molecule has 0 amide bonds. The van der Waals surface area contributed by atoms with E-state index in [2.05, 4.69) is 0 Å². The minimum absolute atomic E-state index is 0.313. The number of hydrogen-bond donors (Lipinski definition) is 3. The lowest BCUT2D eigenvalue weighted by molar-refractivity contribution is -0.144. The van der Waals surface area contributed by atoms with Crippen molar-refractivity contribution in [2.45, 2.75) is 26.2 Å². The summed E-state index contributed by atoms with van der Waals surface area (Å²) >= 11 is 0. The highest BCUT2D eigenvalue weighted by Gasteiger charge is 2.36. The van der Waals surface area contributed by atoms with Gasteiger partial charge < -0.3 is 15.3 Å². The third kappa shape index (κ3) is 4.42. The molecular weight excluding hydrogens is 283 g/mol. The normalized spacial score (nSPS) is 18.8. The molecule has 0 spiro atoms. The van der Waals surface area contributed by atoms with Gasteiger partial charge in [0, 0.05) is 11.5 Å². The molecule has 0 bridgehead atoms. The summed E-state index contributed by atoms with van der Waals surface area (Å²) in [5.41, 5.74) is 0. The van der Waals surface area contributed by atoms with Crippen molar-refractivity contribution in [3.8, 4) is 0 Å². The summed E-state index contributed by atoms with van der Waals surface area (Å²) in [6.45, 7) is 2.62. The summed E-state index contributed by atoms with van der Waals surface area (Å²) in [4.78, 5) is 11.1. The molecule has 0 saturated heterocycles. The Morgan fingerprint density at radius 1 is 1.25 bits per heavy atom. The standard InChI is InChI=1S/C13H19O6P/c1-9(14)12(13(16)17)8-20(18,19-10(2)15)11-6-4-3-5-7-11/h3-7,9-10,12,14-15H,8H2,1-2H3,(H,16,17). The monoisotopic (exact) mass is 302 g/mol. The second-order valence-corrected chi connectivity index (χ2v) is 7.02. The Labute approximate surface area is 117 Å². The van der Waals surface area contributed by atoms with Gasteiger partial charge in [-0.1, -0.05) is 18.2 Å². The number of carbonyl (C=O) groups is 1. The molecule has 0 heterocycles. The summed E-state index contributed by atoms with van der Waals surface area (Å²) in [7, 11) is -3.58. The zero-order chi connectivity index (χ0) is 15.3. The van der Waals surface area contributed by atoms with E-state index >= 15 is 0 Å². The number of carboxylic acid groups (broad SMARTS) is 1. The van der Waals surface area contributed by atoms with Crippen molar-refractivity contribution >= 4 is 18.6 Å². The van der Waals surface area contributed by atoms with Crippen molar-refractivity contribution in [1.82, 2.24) is 0 Å². The van der Waals surface area contributed by atoms with E-state index in [1.165, 1.54) is 13.8 Å². The minimum atomic E-state index is -3.58. The molecule has 112 valence electrons. The SMILES string of the molecule is CC(O)OP(=O)(CC(C(=O)O)C(C)O)c1ccccc1. The van der Waals surface area contributed by atoms with E-state index in [4.69, 9.17) is 9.63 Å². The van der Waals surface area contributed by atoms with Crippen molar-refractivity contribution in [1.29, 1.82) is 0 Å². The third-order valence-corrected chi connectivity index (χ3v) is 5.41. The first-order chi connectivity index (χ1) is 9.26. The molecule has 7 heteroatoms. The second-order valence-electron chi connectivity index (χ2n) is 4.58. The van der Waals surface area contributed by atoms with Gasteiger partial charge in [0.05, 0.1) is 12.0 Å². The maximum Gasteiger partial charge on any atom is 0.309 e. The zero-order valence-electron chi connectivity index (χ0n) is 11.3. The zero-order valence-corrected chi connectivity index (χ0v) is 12.2. The van der Waals surface area contributed by atoms with Crippen LogP contribution < -0.4 is 5.30 Å². The van der Waals surface area contributed by atoms with E-state index in [9.17, 15) is 19.6 Å². The van der Waals surface area contributed by atoms with Crippen LogP contribution in [0.15, 0.2) is 30.3 Å². The van der Waals surface area contributed by atoms with Crippen LogP contribution in [0.3, 0.4) is 0 Å². The highest BCUT2D eigenvalue weighted by Crippen LogP contribution is 2.48. The average molecular weight is 302 g/mol. The maximum absolute atomic E-state index is 12.9. The van der Waals surface area contributed by atoms with Crippen LogP contribution in [0.25, 0.3) is 0 Å². The van der Waals surface area contributed by atoms with Crippen LogP contribution in [-0.4, -0.2) is 39.8 Å². The summed E-state index contributed by atoms with van der Waals surface area (Å²) in [5.74, 6) is -2.50. The van der Waals surface area contributed by atoms with Gasteiger partial charge in [-0.3, -0.25) is 13.9 Å². The molecule has 0 fully saturated rings. The van der Waals surface area contributed by atoms with E-state index in [-0.39, 0.29) is 6.16 Å². The molecule has 1 aromatic carbocycles. The number of aliphatic hydroxyl groups is 2. The van der Waals surface area contributed by atoms with E-state index in [1.807, 2.05) is 0 Å². The van der Waals surface area contributed by atoms with Crippen LogP contribution in [0.2, 0.25) is 0 Å². The van der Waals surface area contributed by atoms with Gasteiger partial charge >= 0.3 is 5.97 Å². The first-order valence-electron chi connectivity index (χ1n) is 6.18. The highest BCUT2D eigenvalue weighted by molar-refractivity contribution is 7.67. The van der Waals surface area contributed by atoms with Crippen molar-refractivity contribution in [2.24, 2.45) is 5.92 Å². The van der Waals surface area contributed by atoms with Gasteiger partial charge in [-0.25, -0.2) is 0 Å². The quantitative estimate of drug-likeness (QED) is 0.513. The first-order valence-corrected chi connectivity index (χ1v) is 7.99. The summed E-state index contributed by atoms with van der Waals surface area (Å²) in [5, 5.41) is 28.2. The van der Waals surface area contributed by atoms with Crippen LogP contribution in [0.5, 0.6) is 0 Å². The maximum atomic E-state index is 12.9. The fourth-order valence-electron chi connectivity index (χ4n) is 1.81. The third-order valence-electron chi connectivity index (χ3n) is 2.81. The fraction of sp³-hybridized carbons (Fsp3) is 0.462. The Kier molecular flexibility index (Phi) is 5.89. The molecule has 4 unspecified atom stereocenters. The van der Waals surface area contributed by atoms with E-state index in [0.717, 1.165) is 0 Å². The molecule has 6 nitrogen and oxygen atoms in total. The smallest absolute Gasteiger partial charge is 0.309 e. The van der Waals surface area contributed by atoms with Crippen LogP contribution >= 0.6 is 7.37 Å². The van der Waals surface area contributed by atoms with Gasteiger partial charge in [0.2, 0.25) is 7.37 Å². The fourth-order valence-corrected chi connectivity index (χ4v) is 4.32. The Morgan fingerprint density at radius 2 is 1.80 bits per heavy atom. The summed E-state index contributed by atoms with van der Waals surface area (Å²) in [6, 6.07) is 8.10. The van der Waals surface area contributed by atoms with Gasteiger partial charge in [0.1, 0.15) is 0 Å². The summed E-state index contributed by atoms with van der Waals surface area (Å²) in [6.07, 6.45) is -2.86. The Morgan fingerprint density at radius 3 is 2.20 bits per heavy atom. The molecule has 1 aromatic rings. The van der Waals surface area contributed by atoms with E-state index in [1.54, 1.807) is 30.3 Å². The Bertz CT molecular complexity index is 485. The molecule has 0 radical (unpaired) electrons.